The Kier molecular flexibility index (Phi) is 4.54. The van der Waals surface area contributed by atoms with Crippen LogP contribution >= 0.6 is 0 Å². The Morgan fingerprint density at radius 1 is 1.25 bits per heavy atom. The molecule has 0 unspecified atom stereocenters. The van der Waals surface area contributed by atoms with E-state index in [-0.39, 0.29) is 29.7 Å². The van der Waals surface area contributed by atoms with Gasteiger partial charge in [-0.1, -0.05) is 0 Å². The summed E-state index contributed by atoms with van der Waals surface area (Å²) in [5, 5.41) is 8.96. The largest absolute Gasteiger partial charge is 0.481 e. The number of amides is 1. The van der Waals surface area contributed by atoms with Crippen LogP contribution in [-0.4, -0.2) is 49.6 Å². The van der Waals surface area contributed by atoms with Crippen LogP contribution in [0.25, 0.3) is 11.0 Å². The van der Waals surface area contributed by atoms with E-state index >= 15 is 0 Å². The second kappa shape index (κ2) is 6.26. The van der Waals surface area contributed by atoms with Gasteiger partial charge in [0, 0.05) is 27.7 Å². The molecule has 128 valence electrons. The lowest BCUT2D eigenvalue weighted by Gasteiger charge is -2.17. The van der Waals surface area contributed by atoms with E-state index in [2.05, 4.69) is 4.98 Å². The Balaban J connectivity index is 2.59. The highest BCUT2D eigenvalue weighted by atomic mass is 16.4. The topological polar surface area (TPSA) is 114 Å². The van der Waals surface area contributed by atoms with Crippen LogP contribution in [0.2, 0.25) is 0 Å². The second-order valence-electron chi connectivity index (χ2n) is 5.60. The molecule has 2 rings (SSSR count). The van der Waals surface area contributed by atoms with Gasteiger partial charge in [-0.2, -0.15) is 0 Å². The lowest BCUT2D eigenvalue weighted by atomic mass is 10.1. The van der Waals surface area contributed by atoms with Crippen LogP contribution in [0.3, 0.4) is 0 Å². The molecule has 0 spiro atoms. The van der Waals surface area contributed by atoms with Crippen molar-refractivity contribution < 1.29 is 14.7 Å². The summed E-state index contributed by atoms with van der Waals surface area (Å²) >= 11 is 0. The van der Waals surface area contributed by atoms with Crippen molar-refractivity contribution >= 4 is 22.9 Å². The third kappa shape index (κ3) is 2.92. The van der Waals surface area contributed by atoms with Crippen molar-refractivity contribution in [1.82, 2.24) is 19.0 Å². The summed E-state index contributed by atoms with van der Waals surface area (Å²) in [6, 6.07) is 1.47. The Bertz CT molecular complexity index is 957. The number of aromatic nitrogens is 3. The van der Waals surface area contributed by atoms with Gasteiger partial charge in [0.05, 0.1) is 11.8 Å². The summed E-state index contributed by atoms with van der Waals surface area (Å²) in [5.74, 6) is -1.49. The maximum absolute atomic E-state index is 12.4. The molecular weight excluding hydrogens is 316 g/mol. The van der Waals surface area contributed by atoms with Gasteiger partial charge in [0.15, 0.2) is 0 Å². The summed E-state index contributed by atoms with van der Waals surface area (Å²) in [6.07, 6.45) is -0.187. The highest BCUT2D eigenvalue weighted by molar-refractivity contribution is 5.95. The van der Waals surface area contributed by atoms with Crippen molar-refractivity contribution in [2.24, 2.45) is 14.1 Å². The number of carbonyl (C=O) groups is 2. The first-order valence-corrected chi connectivity index (χ1v) is 7.19. The first-order valence-electron chi connectivity index (χ1n) is 7.19. The van der Waals surface area contributed by atoms with E-state index < -0.39 is 23.1 Å². The summed E-state index contributed by atoms with van der Waals surface area (Å²) in [6.45, 7) is 1.69. The number of aryl methyl sites for hydroxylation is 2. The fourth-order valence-corrected chi connectivity index (χ4v) is 2.40. The number of hydrogen-bond acceptors (Lipinski definition) is 5. The lowest BCUT2D eigenvalue weighted by molar-refractivity contribution is -0.137. The molecule has 0 atom stereocenters. The van der Waals surface area contributed by atoms with E-state index in [1.54, 1.807) is 6.92 Å². The highest BCUT2D eigenvalue weighted by Crippen LogP contribution is 2.14. The van der Waals surface area contributed by atoms with Gasteiger partial charge >= 0.3 is 11.7 Å². The summed E-state index contributed by atoms with van der Waals surface area (Å²) < 4.78 is 2.19. The zero-order valence-corrected chi connectivity index (χ0v) is 13.9. The van der Waals surface area contributed by atoms with Gasteiger partial charge in [0.2, 0.25) is 0 Å². The smallest absolute Gasteiger partial charge is 0.332 e. The molecule has 2 heterocycles. The molecule has 0 aromatic carbocycles. The number of aliphatic carboxylic acids is 1. The summed E-state index contributed by atoms with van der Waals surface area (Å²) in [4.78, 5) is 52.7. The Morgan fingerprint density at radius 2 is 1.88 bits per heavy atom. The van der Waals surface area contributed by atoms with E-state index in [0.717, 1.165) is 4.57 Å². The van der Waals surface area contributed by atoms with E-state index in [1.165, 1.54) is 36.7 Å². The Morgan fingerprint density at radius 3 is 2.46 bits per heavy atom. The molecule has 9 nitrogen and oxygen atoms in total. The number of nitrogens with zero attached hydrogens (tertiary/aromatic N) is 4. The average molecular weight is 334 g/mol. The number of hydrogen-bond donors (Lipinski definition) is 1. The minimum absolute atomic E-state index is 0.0302. The first kappa shape index (κ1) is 17.4. The van der Waals surface area contributed by atoms with Crippen LogP contribution in [0.1, 0.15) is 22.5 Å². The minimum Gasteiger partial charge on any atom is -0.481 e. The Labute approximate surface area is 136 Å². The third-order valence-electron chi connectivity index (χ3n) is 3.83. The zero-order valence-electron chi connectivity index (χ0n) is 13.9. The molecule has 9 heteroatoms. The second-order valence-corrected chi connectivity index (χ2v) is 5.60. The standard InChI is InChI=1S/C15H18N4O5/c1-8-7-9(13(22)17(2)6-5-10(20)21)16-12-11(8)14(23)19(4)15(24)18(12)3/h7H,5-6H2,1-4H3,(H,20,21). The molecular formula is C15H18N4O5. The molecule has 0 aliphatic rings. The number of carboxylic acid groups (broad SMARTS) is 1. The molecule has 24 heavy (non-hydrogen) atoms. The fourth-order valence-electron chi connectivity index (χ4n) is 2.40. The minimum atomic E-state index is -1.01. The molecule has 0 saturated carbocycles. The monoisotopic (exact) mass is 334 g/mol. The van der Waals surface area contributed by atoms with E-state index in [1.807, 2.05) is 0 Å². The number of fused-ring (bicyclic) bond motifs is 1. The Hall–Kier alpha value is -2.97. The average Bonchev–Trinajstić information content (AvgIpc) is 2.54. The van der Waals surface area contributed by atoms with E-state index in [9.17, 15) is 19.2 Å². The number of carboxylic acids is 1. The fraction of sp³-hybridized carbons (Fsp3) is 0.400. The molecule has 0 radical (unpaired) electrons. The van der Waals surface area contributed by atoms with Crippen LogP contribution in [0, 0.1) is 6.92 Å². The van der Waals surface area contributed by atoms with Gasteiger partial charge in [-0.05, 0) is 18.6 Å². The number of carbonyl (C=O) groups excluding carboxylic acids is 1. The maximum atomic E-state index is 12.4. The van der Waals surface area contributed by atoms with Crippen LogP contribution in [0.4, 0.5) is 0 Å². The van der Waals surface area contributed by atoms with E-state index in [4.69, 9.17) is 5.11 Å². The van der Waals surface area contributed by atoms with Crippen LogP contribution in [0.5, 0.6) is 0 Å². The molecule has 2 aromatic rings. The quantitative estimate of drug-likeness (QED) is 0.805. The van der Waals surface area contributed by atoms with E-state index in [0.29, 0.717) is 5.56 Å². The predicted molar refractivity (Wildman–Crippen MR) is 86.2 cm³/mol. The molecule has 0 aliphatic heterocycles. The van der Waals surface area contributed by atoms with Gasteiger partial charge in [-0.15, -0.1) is 0 Å². The molecule has 0 aliphatic carbocycles. The molecule has 1 amide bonds. The molecule has 0 saturated heterocycles. The van der Waals surface area contributed by atoms with Crippen LogP contribution < -0.4 is 11.2 Å². The van der Waals surface area contributed by atoms with Crippen LogP contribution in [0.15, 0.2) is 15.7 Å². The van der Waals surface area contributed by atoms with Gasteiger partial charge in [-0.3, -0.25) is 23.5 Å². The van der Waals surface area contributed by atoms with Crippen molar-refractivity contribution in [2.75, 3.05) is 13.6 Å². The van der Waals surface area contributed by atoms with Crippen molar-refractivity contribution in [1.29, 1.82) is 0 Å². The van der Waals surface area contributed by atoms with Crippen molar-refractivity contribution in [2.45, 2.75) is 13.3 Å². The number of pyridine rings is 1. The summed E-state index contributed by atoms with van der Waals surface area (Å²) in [7, 11) is 4.32. The predicted octanol–water partition coefficient (Wildman–Crippen LogP) is -0.513. The summed E-state index contributed by atoms with van der Waals surface area (Å²) in [5.41, 5.74) is -0.319. The molecule has 2 aromatic heterocycles. The third-order valence-corrected chi connectivity index (χ3v) is 3.83. The van der Waals surface area contributed by atoms with Gasteiger partial charge < -0.3 is 10.0 Å². The molecule has 0 bridgehead atoms. The SMILES string of the molecule is Cc1cc(C(=O)N(C)CCC(=O)O)nc2c1c(=O)n(C)c(=O)n2C. The maximum Gasteiger partial charge on any atom is 0.332 e. The lowest BCUT2D eigenvalue weighted by Crippen LogP contribution is -2.38. The molecule has 1 N–H and O–H groups in total. The van der Waals surface area contributed by atoms with Crippen LogP contribution in [-0.2, 0) is 18.9 Å². The van der Waals surface area contributed by atoms with Gasteiger partial charge in [0.1, 0.15) is 11.3 Å². The normalized spacial score (nSPS) is 10.8. The van der Waals surface area contributed by atoms with Crippen molar-refractivity contribution in [3.63, 3.8) is 0 Å². The van der Waals surface area contributed by atoms with Crippen molar-refractivity contribution in [3.8, 4) is 0 Å². The number of rotatable bonds is 4. The highest BCUT2D eigenvalue weighted by Gasteiger charge is 2.19. The van der Waals surface area contributed by atoms with Gasteiger partial charge in [0.25, 0.3) is 11.5 Å². The van der Waals surface area contributed by atoms with Gasteiger partial charge in [-0.25, -0.2) is 9.78 Å². The molecule has 0 fully saturated rings. The zero-order chi connectivity index (χ0) is 18.2. The van der Waals surface area contributed by atoms with Crippen molar-refractivity contribution in [3.05, 3.63) is 38.2 Å². The first-order chi connectivity index (χ1) is 11.1.